The minimum Gasteiger partial charge on any atom is -0.491 e. The Morgan fingerprint density at radius 2 is 2.04 bits per heavy atom. The maximum atomic E-state index is 11.7. The molecular weight excluding hydrogens is 304 g/mol. The lowest BCUT2D eigenvalue weighted by Crippen LogP contribution is -2.41. The summed E-state index contributed by atoms with van der Waals surface area (Å²) in [5.41, 5.74) is 2.69. The van der Waals surface area contributed by atoms with Crippen LogP contribution in [0.5, 0.6) is 5.75 Å². The molecule has 0 radical (unpaired) electrons. The SMILES string of the molecule is COC(=O)c1ccc2c(c1)OC[C@H](C(C)C)N(c1ccncc1)C2. The Bertz CT molecular complexity index is 716. The van der Waals surface area contributed by atoms with E-state index in [0.29, 0.717) is 18.1 Å². The van der Waals surface area contributed by atoms with E-state index in [-0.39, 0.29) is 12.0 Å². The molecule has 0 saturated heterocycles. The fourth-order valence-electron chi connectivity index (χ4n) is 3.00. The van der Waals surface area contributed by atoms with Gasteiger partial charge in [-0.25, -0.2) is 4.79 Å². The van der Waals surface area contributed by atoms with E-state index in [1.807, 2.05) is 18.2 Å². The number of hydrogen-bond acceptors (Lipinski definition) is 5. The van der Waals surface area contributed by atoms with Crippen LogP contribution >= 0.6 is 0 Å². The second kappa shape index (κ2) is 6.91. The zero-order valence-electron chi connectivity index (χ0n) is 14.2. The number of pyridine rings is 1. The van der Waals surface area contributed by atoms with Crippen molar-refractivity contribution < 1.29 is 14.3 Å². The highest BCUT2D eigenvalue weighted by atomic mass is 16.5. The van der Waals surface area contributed by atoms with Gasteiger partial charge in [-0.05, 0) is 30.2 Å². The number of benzene rings is 1. The number of hydrogen-bond donors (Lipinski definition) is 0. The molecule has 0 fully saturated rings. The number of anilines is 1. The first-order valence-electron chi connectivity index (χ1n) is 8.11. The third-order valence-corrected chi connectivity index (χ3v) is 4.40. The van der Waals surface area contributed by atoms with Gasteiger partial charge in [0.2, 0.25) is 0 Å². The first kappa shape index (κ1) is 16.3. The van der Waals surface area contributed by atoms with Crippen LogP contribution in [0, 0.1) is 5.92 Å². The minimum absolute atomic E-state index is 0.237. The molecule has 126 valence electrons. The average Bonchev–Trinajstić information content (AvgIpc) is 2.80. The smallest absolute Gasteiger partial charge is 0.337 e. The summed E-state index contributed by atoms with van der Waals surface area (Å²) in [4.78, 5) is 18.2. The van der Waals surface area contributed by atoms with Crippen molar-refractivity contribution in [2.75, 3.05) is 18.6 Å². The van der Waals surface area contributed by atoms with Gasteiger partial charge in [-0.15, -0.1) is 0 Å². The summed E-state index contributed by atoms with van der Waals surface area (Å²) in [5, 5.41) is 0. The number of ether oxygens (including phenoxy) is 2. The van der Waals surface area contributed by atoms with Crippen molar-refractivity contribution in [1.82, 2.24) is 4.98 Å². The molecule has 3 rings (SSSR count). The Labute approximate surface area is 142 Å². The number of fused-ring (bicyclic) bond motifs is 1. The van der Waals surface area contributed by atoms with Gasteiger partial charge in [-0.2, -0.15) is 0 Å². The van der Waals surface area contributed by atoms with Crippen molar-refractivity contribution in [2.24, 2.45) is 5.92 Å². The van der Waals surface area contributed by atoms with Crippen molar-refractivity contribution in [3.63, 3.8) is 0 Å². The Hall–Kier alpha value is -2.56. The highest BCUT2D eigenvalue weighted by molar-refractivity contribution is 5.90. The molecule has 0 unspecified atom stereocenters. The van der Waals surface area contributed by atoms with Crippen molar-refractivity contribution in [3.8, 4) is 5.75 Å². The molecule has 1 aromatic heterocycles. The highest BCUT2D eigenvalue weighted by Crippen LogP contribution is 2.31. The largest absolute Gasteiger partial charge is 0.491 e. The first-order valence-corrected chi connectivity index (χ1v) is 8.11. The molecule has 0 N–H and O–H groups in total. The van der Waals surface area contributed by atoms with E-state index in [9.17, 15) is 4.79 Å². The Morgan fingerprint density at radius 3 is 2.71 bits per heavy atom. The topological polar surface area (TPSA) is 51.7 Å². The molecule has 0 bridgehead atoms. The predicted octanol–water partition coefficient (Wildman–Crippen LogP) is 3.29. The maximum Gasteiger partial charge on any atom is 0.337 e. The van der Waals surface area contributed by atoms with Gasteiger partial charge in [0.25, 0.3) is 0 Å². The van der Waals surface area contributed by atoms with E-state index in [0.717, 1.165) is 23.5 Å². The zero-order valence-corrected chi connectivity index (χ0v) is 14.2. The van der Waals surface area contributed by atoms with Crippen LogP contribution < -0.4 is 9.64 Å². The molecule has 5 heteroatoms. The monoisotopic (exact) mass is 326 g/mol. The lowest BCUT2D eigenvalue weighted by atomic mass is 10.0. The number of carbonyl (C=O) groups excluding carboxylic acids is 1. The van der Waals surface area contributed by atoms with E-state index < -0.39 is 0 Å². The van der Waals surface area contributed by atoms with E-state index in [2.05, 4.69) is 23.7 Å². The number of rotatable bonds is 3. The summed E-state index contributed by atoms with van der Waals surface area (Å²) in [5.74, 6) is 0.824. The standard InChI is InChI=1S/C19H22N2O3/c1-13(2)17-12-24-18-10-14(19(22)23-3)4-5-15(18)11-21(17)16-6-8-20-9-7-16/h4-10,13,17H,11-12H2,1-3H3/t17-/m1/s1. The summed E-state index contributed by atoms with van der Waals surface area (Å²) in [6.07, 6.45) is 3.61. The van der Waals surface area contributed by atoms with Crippen LogP contribution in [0.2, 0.25) is 0 Å². The van der Waals surface area contributed by atoms with Crippen LogP contribution in [0.1, 0.15) is 29.8 Å². The van der Waals surface area contributed by atoms with Crippen molar-refractivity contribution >= 4 is 11.7 Å². The highest BCUT2D eigenvalue weighted by Gasteiger charge is 2.28. The maximum absolute atomic E-state index is 11.7. The molecule has 5 nitrogen and oxygen atoms in total. The molecule has 0 amide bonds. The van der Waals surface area contributed by atoms with Crippen molar-refractivity contribution in [1.29, 1.82) is 0 Å². The lowest BCUT2D eigenvalue weighted by molar-refractivity contribution is 0.0600. The molecule has 0 saturated carbocycles. The van der Waals surface area contributed by atoms with Gasteiger partial charge >= 0.3 is 5.97 Å². The van der Waals surface area contributed by atoms with Crippen LogP contribution in [0.15, 0.2) is 42.7 Å². The molecular formula is C19H22N2O3. The molecule has 1 atom stereocenters. The number of methoxy groups -OCH3 is 1. The Morgan fingerprint density at radius 1 is 1.29 bits per heavy atom. The summed E-state index contributed by atoms with van der Waals surface area (Å²) in [7, 11) is 1.38. The van der Waals surface area contributed by atoms with Crippen LogP contribution in [-0.4, -0.2) is 30.7 Å². The molecule has 2 heterocycles. The van der Waals surface area contributed by atoms with E-state index in [1.165, 1.54) is 7.11 Å². The van der Waals surface area contributed by atoms with Gasteiger partial charge in [-0.3, -0.25) is 4.98 Å². The van der Waals surface area contributed by atoms with Gasteiger partial charge in [0.05, 0.1) is 18.7 Å². The minimum atomic E-state index is -0.350. The fourth-order valence-corrected chi connectivity index (χ4v) is 3.00. The molecule has 1 aliphatic rings. The van der Waals surface area contributed by atoms with Gasteiger partial charge in [0.15, 0.2) is 0 Å². The molecule has 0 spiro atoms. The summed E-state index contributed by atoms with van der Waals surface area (Å²) in [6, 6.07) is 9.77. The van der Waals surface area contributed by atoms with Crippen LogP contribution in [0.25, 0.3) is 0 Å². The normalized spacial score (nSPS) is 17.0. The third-order valence-electron chi connectivity index (χ3n) is 4.40. The predicted molar refractivity (Wildman–Crippen MR) is 92.3 cm³/mol. The fraction of sp³-hybridized carbons (Fsp3) is 0.368. The zero-order chi connectivity index (χ0) is 17.1. The van der Waals surface area contributed by atoms with Crippen LogP contribution in [-0.2, 0) is 11.3 Å². The molecule has 2 aromatic rings. The van der Waals surface area contributed by atoms with Gasteiger partial charge in [-0.1, -0.05) is 19.9 Å². The number of nitrogens with zero attached hydrogens (tertiary/aromatic N) is 2. The molecule has 24 heavy (non-hydrogen) atoms. The summed E-state index contributed by atoms with van der Waals surface area (Å²) < 4.78 is 10.8. The number of carbonyl (C=O) groups is 1. The average molecular weight is 326 g/mol. The summed E-state index contributed by atoms with van der Waals surface area (Å²) in [6.45, 7) is 5.68. The van der Waals surface area contributed by atoms with Crippen LogP contribution in [0.4, 0.5) is 5.69 Å². The number of aromatic nitrogens is 1. The van der Waals surface area contributed by atoms with Crippen LogP contribution in [0.3, 0.4) is 0 Å². The van der Waals surface area contributed by atoms with Crippen molar-refractivity contribution in [2.45, 2.75) is 26.4 Å². The summed E-state index contributed by atoms with van der Waals surface area (Å²) >= 11 is 0. The second-order valence-electron chi connectivity index (χ2n) is 6.27. The van der Waals surface area contributed by atoms with Gasteiger partial charge in [0, 0.05) is 30.2 Å². The molecule has 1 aromatic carbocycles. The van der Waals surface area contributed by atoms with Gasteiger partial charge in [0.1, 0.15) is 12.4 Å². The third kappa shape index (κ3) is 3.20. The quantitative estimate of drug-likeness (QED) is 0.810. The second-order valence-corrected chi connectivity index (χ2v) is 6.27. The first-order chi connectivity index (χ1) is 11.6. The van der Waals surface area contributed by atoms with Crippen molar-refractivity contribution in [3.05, 3.63) is 53.9 Å². The molecule has 1 aliphatic heterocycles. The van der Waals surface area contributed by atoms with E-state index >= 15 is 0 Å². The lowest BCUT2D eigenvalue weighted by Gasteiger charge is -2.33. The van der Waals surface area contributed by atoms with E-state index in [4.69, 9.17) is 9.47 Å². The Kier molecular flexibility index (Phi) is 4.69. The Balaban J connectivity index is 1.97. The number of esters is 1. The van der Waals surface area contributed by atoms with Gasteiger partial charge < -0.3 is 14.4 Å². The van der Waals surface area contributed by atoms with E-state index in [1.54, 1.807) is 24.5 Å². The molecule has 0 aliphatic carbocycles.